The number of aryl methyl sites for hydroxylation is 3. The van der Waals surface area contributed by atoms with Gasteiger partial charge in [-0.3, -0.25) is 4.98 Å². The Hall–Kier alpha value is -1.43. The molecular weight excluding hydrogens is 298 g/mol. The van der Waals surface area contributed by atoms with Crippen LogP contribution in [0.2, 0.25) is 0 Å². The van der Waals surface area contributed by atoms with E-state index in [1.54, 1.807) is 0 Å². The molecule has 0 spiro atoms. The molecule has 6 heteroatoms. The molecule has 5 nitrogen and oxygen atoms in total. The quantitative estimate of drug-likeness (QED) is 0.701. The van der Waals surface area contributed by atoms with E-state index < -0.39 is 9.84 Å². The minimum Gasteiger partial charge on any atom is -0.328 e. The normalized spacial score (nSPS) is 12.1. The van der Waals surface area contributed by atoms with Crippen molar-refractivity contribution in [2.75, 3.05) is 12.0 Å². The number of hydrogen-bond donors (Lipinski definition) is 0. The fourth-order valence-corrected chi connectivity index (χ4v) is 3.43. The Bertz CT molecular complexity index is 735. The first kappa shape index (κ1) is 16.9. The number of fused-ring (bicyclic) bond motifs is 1. The lowest BCUT2D eigenvalue weighted by Crippen LogP contribution is -2.08. The number of sulfone groups is 1. The van der Waals surface area contributed by atoms with Gasteiger partial charge in [0.1, 0.15) is 21.2 Å². The van der Waals surface area contributed by atoms with Gasteiger partial charge in [0.25, 0.3) is 0 Å². The zero-order valence-electron chi connectivity index (χ0n) is 13.7. The molecule has 0 aliphatic carbocycles. The van der Waals surface area contributed by atoms with Crippen LogP contribution in [0.5, 0.6) is 0 Å². The van der Waals surface area contributed by atoms with Crippen molar-refractivity contribution in [1.29, 1.82) is 0 Å². The second-order valence-corrected chi connectivity index (χ2v) is 8.20. The minimum absolute atomic E-state index is 0.254. The molecule has 0 bridgehead atoms. The molecule has 2 heterocycles. The van der Waals surface area contributed by atoms with Gasteiger partial charge >= 0.3 is 0 Å². The van der Waals surface area contributed by atoms with Gasteiger partial charge in [-0.1, -0.05) is 13.3 Å². The number of imidazole rings is 1. The minimum atomic E-state index is -2.88. The number of aromatic nitrogens is 3. The lowest BCUT2D eigenvalue weighted by molar-refractivity contribution is 0.581. The number of hydrogen-bond acceptors (Lipinski definition) is 4. The van der Waals surface area contributed by atoms with Crippen LogP contribution in [0, 0.1) is 6.92 Å². The molecule has 0 N–H and O–H groups in total. The molecule has 0 saturated heterocycles. The van der Waals surface area contributed by atoms with Gasteiger partial charge in [0.2, 0.25) is 0 Å². The smallest absolute Gasteiger partial charge is 0.147 e. The number of nitrogens with zero attached hydrogens (tertiary/aromatic N) is 3. The Morgan fingerprint density at radius 1 is 1.18 bits per heavy atom. The molecule has 0 aromatic carbocycles. The van der Waals surface area contributed by atoms with Crippen LogP contribution in [-0.2, 0) is 22.8 Å². The summed E-state index contributed by atoms with van der Waals surface area (Å²) in [6, 6.07) is 0. The maximum absolute atomic E-state index is 11.2. The van der Waals surface area contributed by atoms with E-state index in [4.69, 9.17) is 4.98 Å². The van der Waals surface area contributed by atoms with Crippen molar-refractivity contribution in [2.45, 2.75) is 52.5 Å². The van der Waals surface area contributed by atoms with E-state index in [1.165, 1.54) is 6.26 Å². The molecule has 0 saturated carbocycles. The summed E-state index contributed by atoms with van der Waals surface area (Å²) in [4.78, 5) is 8.94. The van der Waals surface area contributed by atoms with Crippen molar-refractivity contribution in [3.8, 4) is 0 Å². The summed E-state index contributed by atoms with van der Waals surface area (Å²) in [6.45, 7) is 5.04. The first-order valence-electron chi connectivity index (χ1n) is 7.90. The lowest BCUT2D eigenvalue weighted by atomic mass is 10.2. The zero-order valence-corrected chi connectivity index (χ0v) is 14.5. The summed E-state index contributed by atoms with van der Waals surface area (Å²) in [6.07, 6.45) is 9.70. The Morgan fingerprint density at radius 3 is 2.64 bits per heavy atom. The van der Waals surface area contributed by atoms with E-state index in [1.807, 2.05) is 19.3 Å². The summed E-state index contributed by atoms with van der Waals surface area (Å²) in [5.74, 6) is 1.34. The van der Waals surface area contributed by atoms with E-state index in [2.05, 4.69) is 16.5 Å². The first-order valence-corrected chi connectivity index (χ1v) is 9.96. The molecule has 2 rings (SSSR count). The molecule has 0 unspecified atom stereocenters. The highest BCUT2D eigenvalue weighted by atomic mass is 32.2. The first-order chi connectivity index (χ1) is 10.4. The Labute approximate surface area is 132 Å². The topological polar surface area (TPSA) is 64.8 Å². The number of rotatable bonds is 8. The van der Waals surface area contributed by atoms with Crippen molar-refractivity contribution in [1.82, 2.24) is 14.5 Å². The molecule has 2 aromatic heterocycles. The van der Waals surface area contributed by atoms with Crippen LogP contribution >= 0.6 is 0 Å². The molecule has 122 valence electrons. The molecule has 22 heavy (non-hydrogen) atoms. The van der Waals surface area contributed by atoms with E-state index in [0.717, 1.165) is 54.6 Å². The standard InChI is InChI=1S/C16H25N3O2S/c1-4-5-8-15-18-14-12-17-11-13(2)16(14)19(15)9-6-7-10-22(3,20)21/h11-12H,4-10H2,1-3H3. The van der Waals surface area contributed by atoms with Crippen LogP contribution in [0.15, 0.2) is 12.4 Å². The van der Waals surface area contributed by atoms with E-state index in [9.17, 15) is 8.42 Å². The van der Waals surface area contributed by atoms with Gasteiger partial charge in [-0.15, -0.1) is 0 Å². The maximum Gasteiger partial charge on any atom is 0.147 e. The van der Waals surface area contributed by atoms with Crippen LogP contribution in [0.1, 0.15) is 44.0 Å². The predicted molar refractivity (Wildman–Crippen MR) is 89.8 cm³/mol. The number of unbranched alkanes of at least 4 members (excludes halogenated alkanes) is 2. The van der Waals surface area contributed by atoms with Crippen LogP contribution in [0.25, 0.3) is 11.0 Å². The van der Waals surface area contributed by atoms with E-state index in [-0.39, 0.29) is 5.75 Å². The average Bonchev–Trinajstić information content (AvgIpc) is 2.79. The van der Waals surface area contributed by atoms with Gasteiger partial charge in [-0.2, -0.15) is 0 Å². The summed E-state index contributed by atoms with van der Waals surface area (Å²) in [5, 5.41) is 0. The second-order valence-electron chi connectivity index (χ2n) is 5.94. The Kier molecular flexibility index (Phi) is 5.56. The van der Waals surface area contributed by atoms with Gasteiger partial charge in [-0.25, -0.2) is 13.4 Å². The lowest BCUT2D eigenvalue weighted by Gasteiger charge is -2.10. The molecule has 2 aromatic rings. The van der Waals surface area contributed by atoms with Gasteiger partial charge in [0, 0.05) is 31.2 Å². The summed E-state index contributed by atoms with van der Waals surface area (Å²) < 4.78 is 24.7. The molecule has 0 atom stereocenters. The van der Waals surface area contributed by atoms with Gasteiger partial charge in [0.15, 0.2) is 0 Å². The molecule has 0 fully saturated rings. The average molecular weight is 323 g/mol. The number of pyridine rings is 1. The van der Waals surface area contributed by atoms with Gasteiger partial charge in [-0.05, 0) is 31.7 Å². The summed E-state index contributed by atoms with van der Waals surface area (Å²) in [5.41, 5.74) is 3.20. The van der Waals surface area contributed by atoms with Gasteiger partial charge in [0.05, 0.1) is 11.7 Å². The van der Waals surface area contributed by atoms with Crippen LogP contribution < -0.4 is 0 Å². The predicted octanol–water partition coefficient (Wildman–Crippen LogP) is 2.91. The highest BCUT2D eigenvalue weighted by Crippen LogP contribution is 2.21. The van der Waals surface area contributed by atoms with Crippen LogP contribution in [-0.4, -0.2) is 35.0 Å². The highest BCUT2D eigenvalue weighted by Gasteiger charge is 2.12. The van der Waals surface area contributed by atoms with Crippen molar-refractivity contribution < 1.29 is 8.42 Å². The summed E-state index contributed by atoms with van der Waals surface area (Å²) >= 11 is 0. The molecular formula is C16H25N3O2S. The molecule has 0 aliphatic heterocycles. The SMILES string of the molecule is CCCCc1nc2cncc(C)c2n1CCCCS(C)(=O)=O. The van der Waals surface area contributed by atoms with Crippen molar-refractivity contribution >= 4 is 20.9 Å². The van der Waals surface area contributed by atoms with E-state index in [0.29, 0.717) is 6.42 Å². The van der Waals surface area contributed by atoms with Crippen molar-refractivity contribution in [3.05, 3.63) is 23.8 Å². The highest BCUT2D eigenvalue weighted by molar-refractivity contribution is 7.90. The molecule has 0 aliphatic rings. The fourth-order valence-electron chi connectivity index (χ4n) is 2.71. The van der Waals surface area contributed by atoms with Crippen molar-refractivity contribution in [3.63, 3.8) is 0 Å². The second kappa shape index (κ2) is 7.22. The third-order valence-corrected chi connectivity index (χ3v) is 4.84. The third kappa shape index (κ3) is 4.29. The largest absolute Gasteiger partial charge is 0.328 e. The molecule has 0 radical (unpaired) electrons. The Morgan fingerprint density at radius 2 is 1.95 bits per heavy atom. The monoisotopic (exact) mass is 323 g/mol. The zero-order chi connectivity index (χ0) is 16.2. The summed E-state index contributed by atoms with van der Waals surface area (Å²) in [7, 11) is -2.88. The van der Waals surface area contributed by atoms with E-state index >= 15 is 0 Å². The van der Waals surface area contributed by atoms with Crippen molar-refractivity contribution in [2.24, 2.45) is 0 Å². The fraction of sp³-hybridized carbons (Fsp3) is 0.625. The molecule has 0 amide bonds. The van der Waals surface area contributed by atoms with Crippen LogP contribution in [0.3, 0.4) is 0 Å². The van der Waals surface area contributed by atoms with Crippen LogP contribution in [0.4, 0.5) is 0 Å². The van der Waals surface area contributed by atoms with Gasteiger partial charge < -0.3 is 4.57 Å². The maximum atomic E-state index is 11.2. The third-order valence-electron chi connectivity index (χ3n) is 3.81. The Balaban J connectivity index is 2.21.